The quantitative estimate of drug-likeness (QED) is 0.897. The monoisotopic (exact) mass is 316 g/mol. The Morgan fingerprint density at radius 1 is 1.22 bits per heavy atom. The zero-order valence-corrected chi connectivity index (χ0v) is 13.5. The Kier molecular flexibility index (Phi) is 4.04. The molecule has 124 valence electrons. The molecule has 1 saturated heterocycles. The van der Waals surface area contributed by atoms with E-state index in [-0.39, 0.29) is 18.0 Å². The number of carboxylic acid groups (broad SMARTS) is 1. The first kappa shape index (κ1) is 15.8. The van der Waals surface area contributed by atoms with Crippen LogP contribution in [-0.2, 0) is 10.2 Å². The second-order valence-electron chi connectivity index (χ2n) is 7.20. The van der Waals surface area contributed by atoms with Gasteiger partial charge in [0.1, 0.15) is 0 Å². The number of benzene rings is 1. The summed E-state index contributed by atoms with van der Waals surface area (Å²) in [5.74, 6) is -0.826. The SMILES string of the molecule is CC1(C(=O)O)CCN(C(=O)NCC2(c3ccccc3)CCC2)C1. The Balaban J connectivity index is 1.60. The van der Waals surface area contributed by atoms with Gasteiger partial charge in [-0.05, 0) is 31.7 Å². The molecule has 0 bridgehead atoms. The number of hydrogen-bond acceptors (Lipinski definition) is 2. The van der Waals surface area contributed by atoms with E-state index in [1.54, 1.807) is 11.8 Å². The number of nitrogens with one attached hydrogen (secondary N) is 1. The first-order valence-corrected chi connectivity index (χ1v) is 8.27. The summed E-state index contributed by atoms with van der Waals surface area (Å²) in [5, 5.41) is 12.3. The highest BCUT2D eigenvalue weighted by Gasteiger charge is 2.43. The third-order valence-electron chi connectivity index (χ3n) is 5.55. The molecule has 3 rings (SSSR count). The van der Waals surface area contributed by atoms with Gasteiger partial charge in [0, 0.05) is 25.0 Å². The molecule has 2 amide bonds. The topological polar surface area (TPSA) is 69.6 Å². The molecule has 1 aliphatic heterocycles. The van der Waals surface area contributed by atoms with Crippen molar-refractivity contribution in [2.24, 2.45) is 5.41 Å². The minimum absolute atomic E-state index is 0.0484. The normalized spacial score (nSPS) is 25.7. The van der Waals surface area contributed by atoms with Crippen molar-refractivity contribution in [3.8, 4) is 0 Å². The van der Waals surface area contributed by atoms with Gasteiger partial charge in [0.25, 0.3) is 0 Å². The van der Waals surface area contributed by atoms with Gasteiger partial charge in [0.15, 0.2) is 0 Å². The summed E-state index contributed by atoms with van der Waals surface area (Å²) in [5.41, 5.74) is 0.515. The Labute approximate surface area is 136 Å². The summed E-state index contributed by atoms with van der Waals surface area (Å²) >= 11 is 0. The smallest absolute Gasteiger partial charge is 0.317 e. The largest absolute Gasteiger partial charge is 0.481 e. The molecule has 1 aromatic carbocycles. The third kappa shape index (κ3) is 2.92. The van der Waals surface area contributed by atoms with Crippen molar-refractivity contribution in [3.63, 3.8) is 0 Å². The maximum Gasteiger partial charge on any atom is 0.317 e. The number of carbonyl (C=O) groups excluding carboxylic acids is 1. The van der Waals surface area contributed by atoms with Gasteiger partial charge in [0.05, 0.1) is 5.41 Å². The number of nitrogens with zero attached hydrogens (tertiary/aromatic N) is 1. The van der Waals surface area contributed by atoms with Crippen LogP contribution in [0.5, 0.6) is 0 Å². The molecule has 2 N–H and O–H groups in total. The Hall–Kier alpha value is -2.04. The lowest BCUT2D eigenvalue weighted by atomic mass is 9.64. The van der Waals surface area contributed by atoms with Crippen LogP contribution in [0.15, 0.2) is 30.3 Å². The lowest BCUT2D eigenvalue weighted by Crippen LogP contribution is -2.49. The number of rotatable bonds is 4. The zero-order valence-electron chi connectivity index (χ0n) is 13.5. The van der Waals surface area contributed by atoms with Gasteiger partial charge in [-0.25, -0.2) is 4.79 Å². The zero-order chi connectivity index (χ0) is 16.5. The van der Waals surface area contributed by atoms with Crippen molar-refractivity contribution in [1.82, 2.24) is 10.2 Å². The van der Waals surface area contributed by atoms with E-state index in [9.17, 15) is 14.7 Å². The summed E-state index contributed by atoms with van der Waals surface area (Å²) in [4.78, 5) is 25.3. The van der Waals surface area contributed by atoms with E-state index in [0.29, 0.717) is 19.5 Å². The first-order chi connectivity index (χ1) is 11.0. The summed E-state index contributed by atoms with van der Waals surface area (Å²) in [6, 6.07) is 10.2. The van der Waals surface area contributed by atoms with Crippen LogP contribution in [0.2, 0.25) is 0 Å². The Morgan fingerprint density at radius 2 is 1.91 bits per heavy atom. The van der Waals surface area contributed by atoms with Crippen LogP contribution in [-0.4, -0.2) is 41.6 Å². The number of urea groups is 1. The highest BCUT2D eigenvalue weighted by atomic mass is 16.4. The van der Waals surface area contributed by atoms with Crippen LogP contribution in [0.3, 0.4) is 0 Å². The van der Waals surface area contributed by atoms with Gasteiger partial charge in [0.2, 0.25) is 0 Å². The van der Waals surface area contributed by atoms with Crippen LogP contribution in [0.25, 0.3) is 0 Å². The first-order valence-electron chi connectivity index (χ1n) is 8.27. The van der Waals surface area contributed by atoms with Crippen molar-refractivity contribution in [3.05, 3.63) is 35.9 Å². The van der Waals surface area contributed by atoms with Crippen molar-refractivity contribution < 1.29 is 14.7 Å². The van der Waals surface area contributed by atoms with Crippen molar-refractivity contribution in [2.45, 2.75) is 38.0 Å². The van der Waals surface area contributed by atoms with E-state index in [4.69, 9.17) is 0 Å². The molecule has 0 aromatic heterocycles. The molecular formula is C18H24N2O3. The molecular weight excluding hydrogens is 292 g/mol. The van der Waals surface area contributed by atoms with Gasteiger partial charge < -0.3 is 15.3 Å². The fourth-order valence-corrected chi connectivity index (χ4v) is 3.63. The molecule has 1 atom stereocenters. The number of aliphatic carboxylic acids is 1. The molecule has 1 aromatic rings. The highest BCUT2D eigenvalue weighted by Crippen LogP contribution is 2.43. The Bertz CT molecular complexity index is 598. The van der Waals surface area contributed by atoms with Gasteiger partial charge in [-0.1, -0.05) is 36.8 Å². The van der Waals surface area contributed by atoms with E-state index >= 15 is 0 Å². The second kappa shape index (κ2) is 5.87. The van der Waals surface area contributed by atoms with Crippen LogP contribution in [0, 0.1) is 5.41 Å². The molecule has 0 spiro atoms. The van der Waals surface area contributed by atoms with E-state index < -0.39 is 11.4 Å². The molecule has 5 nitrogen and oxygen atoms in total. The van der Waals surface area contributed by atoms with E-state index in [1.807, 2.05) is 18.2 Å². The van der Waals surface area contributed by atoms with E-state index in [2.05, 4.69) is 17.4 Å². The minimum atomic E-state index is -0.826. The van der Waals surface area contributed by atoms with E-state index in [0.717, 1.165) is 12.8 Å². The van der Waals surface area contributed by atoms with E-state index in [1.165, 1.54) is 12.0 Å². The van der Waals surface area contributed by atoms with Gasteiger partial charge in [-0.3, -0.25) is 4.79 Å². The van der Waals surface area contributed by atoms with Crippen LogP contribution in [0.4, 0.5) is 4.79 Å². The highest BCUT2D eigenvalue weighted by molar-refractivity contribution is 5.79. The molecule has 2 fully saturated rings. The third-order valence-corrected chi connectivity index (χ3v) is 5.55. The molecule has 2 aliphatic rings. The maximum absolute atomic E-state index is 12.4. The predicted molar refractivity (Wildman–Crippen MR) is 87.3 cm³/mol. The number of amides is 2. The number of hydrogen-bond donors (Lipinski definition) is 2. The average molecular weight is 316 g/mol. The summed E-state index contributed by atoms with van der Waals surface area (Å²) < 4.78 is 0. The molecule has 1 saturated carbocycles. The molecule has 1 unspecified atom stereocenters. The molecule has 1 aliphatic carbocycles. The number of carboxylic acids is 1. The van der Waals surface area contributed by atoms with Crippen molar-refractivity contribution in [2.75, 3.05) is 19.6 Å². The molecule has 23 heavy (non-hydrogen) atoms. The maximum atomic E-state index is 12.4. The van der Waals surface area contributed by atoms with Gasteiger partial charge >= 0.3 is 12.0 Å². The van der Waals surface area contributed by atoms with Gasteiger partial charge in [-0.15, -0.1) is 0 Å². The van der Waals surface area contributed by atoms with Crippen LogP contribution >= 0.6 is 0 Å². The van der Waals surface area contributed by atoms with Gasteiger partial charge in [-0.2, -0.15) is 0 Å². The fourth-order valence-electron chi connectivity index (χ4n) is 3.63. The average Bonchev–Trinajstić information content (AvgIpc) is 2.91. The molecule has 0 radical (unpaired) electrons. The number of carbonyl (C=O) groups is 2. The lowest BCUT2D eigenvalue weighted by Gasteiger charge is -2.43. The summed E-state index contributed by atoms with van der Waals surface area (Å²) in [7, 11) is 0. The predicted octanol–water partition coefficient (Wildman–Crippen LogP) is 2.61. The summed E-state index contributed by atoms with van der Waals surface area (Å²) in [6.45, 7) is 3.12. The van der Waals surface area contributed by atoms with Crippen LogP contribution < -0.4 is 5.32 Å². The minimum Gasteiger partial charge on any atom is -0.481 e. The van der Waals surface area contributed by atoms with Crippen molar-refractivity contribution in [1.29, 1.82) is 0 Å². The molecule has 5 heteroatoms. The second-order valence-corrected chi connectivity index (χ2v) is 7.20. The summed E-state index contributed by atoms with van der Waals surface area (Å²) in [6.07, 6.45) is 3.87. The standard InChI is InChI=1S/C18H24N2O3/c1-17(15(21)22)10-11-20(13-17)16(23)19-12-18(8-5-9-18)14-6-3-2-4-7-14/h2-4,6-7H,5,8-13H2,1H3,(H,19,23)(H,21,22). The fraction of sp³-hybridized carbons (Fsp3) is 0.556. The molecule has 1 heterocycles. The Morgan fingerprint density at radius 3 is 2.43 bits per heavy atom. The van der Waals surface area contributed by atoms with Crippen molar-refractivity contribution >= 4 is 12.0 Å². The number of likely N-dealkylation sites (tertiary alicyclic amines) is 1. The van der Waals surface area contributed by atoms with Crippen LogP contribution in [0.1, 0.15) is 38.2 Å². The lowest BCUT2D eigenvalue weighted by molar-refractivity contribution is -0.147.